The van der Waals surface area contributed by atoms with Crippen molar-refractivity contribution in [3.63, 3.8) is 0 Å². The standard InChI is InChI=1S/C25H20F7N5O/c1-16(3-4-18-5-7-19(8-6-18)12-24(28,29)30)13-33-17(2)25(31,32)23(38,14-37-15-34-35-36-37)21-10-9-20(26)11-22(21)27/h5-11,13,15,38H,12,14H2,1-2H3/b16-13+,33-17+. The van der Waals surface area contributed by atoms with Crippen LogP contribution in [0.2, 0.25) is 0 Å². The first-order valence-corrected chi connectivity index (χ1v) is 10.9. The molecule has 2 aromatic carbocycles. The fraction of sp³-hybridized carbons (Fsp3) is 0.280. The number of halogens is 7. The van der Waals surface area contributed by atoms with Crippen LogP contribution < -0.4 is 0 Å². The van der Waals surface area contributed by atoms with Crippen molar-refractivity contribution < 1.29 is 35.8 Å². The zero-order valence-electron chi connectivity index (χ0n) is 19.9. The van der Waals surface area contributed by atoms with Crippen molar-refractivity contribution in [3.8, 4) is 11.8 Å². The maximum absolute atomic E-state index is 15.6. The summed E-state index contributed by atoms with van der Waals surface area (Å²) in [7, 11) is 0. The number of tetrazole rings is 1. The monoisotopic (exact) mass is 539 g/mol. The van der Waals surface area contributed by atoms with Crippen molar-refractivity contribution in [1.82, 2.24) is 20.2 Å². The summed E-state index contributed by atoms with van der Waals surface area (Å²) >= 11 is 0. The molecule has 3 aromatic rings. The van der Waals surface area contributed by atoms with E-state index in [4.69, 9.17) is 0 Å². The minimum Gasteiger partial charge on any atom is -0.377 e. The molecule has 6 nitrogen and oxygen atoms in total. The molecule has 0 amide bonds. The topological polar surface area (TPSA) is 76.2 Å². The van der Waals surface area contributed by atoms with Crippen molar-refractivity contribution in [2.24, 2.45) is 4.99 Å². The van der Waals surface area contributed by atoms with Gasteiger partial charge in [0.15, 0.2) is 5.60 Å². The van der Waals surface area contributed by atoms with Gasteiger partial charge in [-0.1, -0.05) is 24.0 Å². The maximum atomic E-state index is 15.6. The summed E-state index contributed by atoms with van der Waals surface area (Å²) in [6, 6.07) is 7.11. The highest BCUT2D eigenvalue weighted by molar-refractivity contribution is 5.91. The second-order valence-corrected chi connectivity index (χ2v) is 8.33. The molecule has 3 rings (SSSR count). The van der Waals surface area contributed by atoms with Crippen LogP contribution in [0.4, 0.5) is 30.7 Å². The van der Waals surface area contributed by atoms with E-state index in [9.17, 15) is 27.1 Å². The van der Waals surface area contributed by atoms with E-state index in [0.29, 0.717) is 17.7 Å². The van der Waals surface area contributed by atoms with Crippen LogP contribution in [-0.2, 0) is 18.6 Å². The molecule has 0 radical (unpaired) electrons. The van der Waals surface area contributed by atoms with Gasteiger partial charge in [-0.25, -0.2) is 13.5 Å². The van der Waals surface area contributed by atoms with Crippen LogP contribution in [0.15, 0.2) is 65.6 Å². The zero-order chi connectivity index (χ0) is 28.1. The summed E-state index contributed by atoms with van der Waals surface area (Å²) in [5, 5.41) is 21.2. The molecule has 1 N–H and O–H groups in total. The second-order valence-electron chi connectivity index (χ2n) is 8.33. The molecule has 1 aromatic heterocycles. The quantitative estimate of drug-likeness (QED) is 0.261. The van der Waals surface area contributed by atoms with Crippen LogP contribution >= 0.6 is 0 Å². The third-order valence-electron chi connectivity index (χ3n) is 5.35. The minimum atomic E-state index is -4.34. The van der Waals surface area contributed by atoms with Crippen molar-refractivity contribution in [3.05, 3.63) is 88.9 Å². The van der Waals surface area contributed by atoms with E-state index in [1.54, 1.807) is 0 Å². The summed E-state index contributed by atoms with van der Waals surface area (Å²) in [4.78, 5) is 3.69. The number of aliphatic imine (C=N–C) groups is 1. The van der Waals surface area contributed by atoms with Crippen LogP contribution in [0, 0.1) is 23.5 Å². The van der Waals surface area contributed by atoms with Gasteiger partial charge in [0, 0.05) is 29.0 Å². The van der Waals surface area contributed by atoms with Gasteiger partial charge in [-0.2, -0.15) is 22.0 Å². The Labute approximate surface area is 212 Å². The number of rotatable bonds is 7. The van der Waals surface area contributed by atoms with E-state index < -0.39 is 53.6 Å². The van der Waals surface area contributed by atoms with Crippen LogP contribution in [0.3, 0.4) is 0 Å². The highest BCUT2D eigenvalue weighted by atomic mass is 19.4. The van der Waals surface area contributed by atoms with Crippen molar-refractivity contribution >= 4 is 5.71 Å². The van der Waals surface area contributed by atoms with E-state index >= 15 is 8.78 Å². The summed E-state index contributed by atoms with van der Waals surface area (Å²) in [6.07, 6.45) is -3.49. The van der Waals surface area contributed by atoms with Gasteiger partial charge >= 0.3 is 12.1 Å². The molecule has 1 unspecified atom stereocenters. The molecule has 13 heteroatoms. The second kappa shape index (κ2) is 11.1. The lowest BCUT2D eigenvalue weighted by Gasteiger charge is -2.36. The Kier molecular flexibility index (Phi) is 8.36. The molecule has 0 aliphatic rings. The lowest BCUT2D eigenvalue weighted by atomic mass is 9.84. The molecular formula is C25H20F7N5O. The lowest BCUT2D eigenvalue weighted by molar-refractivity contribution is -0.155. The highest BCUT2D eigenvalue weighted by Gasteiger charge is 2.57. The number of nitrogens with zero attached hydrogens (tertiary/aromatic N) is 5. The molecule has 0 spiro atoms. The number of aliphatic hydroxyl groups is 1. The number of allylic oxidation sites excluding steroid dienone is 1. The molecular weight excluding hydrogens is 519 g/mol. The predicted octanol–water partition coefficient (Wildman–Crippen LogP) is 5.00. The van der Waals surface area contributed by atoms with Gasteiger partial charge in [0.05, 0.1) is 18.7 Å². The maximum Gasteiger partial charge on any atom is 0.393 e. The number of benzene rings is 2. The molecule has 0 saturated heterocycles. The van der Waals surface area contributed by atoms with E-state index in [0.717, 1.165) is 30.2 Å². The van der Waals surface area contributed by atoms with E-state index in [1.165, 1.54) is 31.2 Å². The SMILES string of the molecule is C/C(C#Cc1ccc(CC(F)(F)F)cc1)=C\N=C(/C)C(F)(F)C(O)(Cn1cnnn1)c1ccc(F)cc1F. The third kappa shape index (κ3) is 6.83. The first-order chi connectivity index (χ1) is 17.7. The Balaban J connectivity index is 1.88. The molecule has 38 heavy (non-hydrogen) atoms. The average Bonchev–Trinajstić information content (AvgIpc) is 3.33. The molecule has 1 heterocycles. The van der Waals surface area contributed by atoms with Gasteiger partial charge in [0.2, 0.25) is 0 Å². The van der Waals surface area contributed by atoms with Crippen LogP contribution in [0.25, 0.3) is 0 Å². The first-order valence-electron chi connectivity index (χ1n) is 10.9. The molecule has 0 aliphatic heterocycles. The van der Waals surface area contributed by atoms with E-state index in [-0.39, 0.29) is 11.1 Å². The van der Waals surface area contributed by atoms with E-state index in [2.05, 4.69) is 32.4 Å². The van der Waals surface area contributed by atoms with Gasteiger partial charge in [0.1, 0.15) is 18.0 Å². The van der Waals surface area contributed by atoms with Crippen LogP contribution in [0.5, 0.6) is 0 Å². The molecule has 1 atom stereocenters. The fourth-order valence-corrected chi connectivity index (χ4v) is 3.38. The number of hydrogen-bond acceptors (Lipinski definition) is 5. The average molecular weight is 539 g/mol. The fourth-order valence-electron chi connectivity index (χ4n) is 3.38. The van der Waals surface area contributed by atoms with Gasteiger partial charge in [0.25, 0.3) is 0 Å². The Hall–Kier alpha value is -4.05. The molecule has 200 valence electrons. The number of hydrogen-bond donors (Lipinski definition) is 1. The minimum absolute atomic E-state index is 0.0597. The largest absolute Gasteiger partial charge is 0.393 e. The third-order valence-corrected chi connectivity index (χ3v) is 5.35. The Morgan fingerprint density at radius 2 is 1.74 bits per heavy atom. The number of aromatic nitrogens is 4. The van der Waals surface area contributed by atoms with Gasteiger partial charge in [-0.15, -0.1) is 5.10 Å². The van der Waals surface area contributed by atoms with Crippen molar-refractivity contribution in [2.75, 3.05) is 0 Å². The summed E-state index contributed by atoms with van der Waals surface area (Å²) in [5.41, 5.74) is -4.43. The smallest absolute Gasteiger partial charge is 0.377 e. The summed E-state index contributed by atoms with van der Waals surface area (Å²) in [5.74, 6) is -1.32. The summed E-state index contributed by atoms with van der Waals surface area (Å²) in [6.45, 7) is 1.37. The van der Waals surface area contributed by atoms with Crippen LogP contribution in [0.1, 0.15) is 30.5 Å². The zero-order valence-corrected chi connectivity index (χ0v) is 19.9. The predicted molar refractivity (Wildman–Crippen MR) is 123 cm³/mol. The number of alkyl halides is 5. The van der Waals surface area contributed by atoms with Gasteiger partial charge in [-0.05, 0) is 54.1 Å². The summed E-state index contributed by atoms with van der Waals surface area (Å²) < 4.78 is 97.3. The molecule has 0 fully saturated rings. The normalized spacial score (nSPS) is 14.6. The van der Waals surface area contributed by atoms with Crippen molar-refractivity contribution in [2.45, 2.75) is 44.5 Å². The molecule has 0 aliphatic carbocycles. The van der Waals surface area contributed by atoms with Crippen molar-refractivity contribution in [1.29, 1.82) is 0 Å². The Bertz CT molecular complexity index is 1390. The highest BCUT2D eigenvalue weighted by Crippen LogP contribution is 2.41. The van der Waals surface area contributed by atoms with Crippen LogP contribution in [-0.4, -0.2) is 43.1 Å². The lowest BCUT2D eigenvalue weighted by Crippen LogP contribution is -2.53. The van der Waals surface area contributed by atoms with E-state index in [1.807, 2.05) is 0 Å². The van der Waals surface area contributed by atoms with Gasteiger partial charge < -0.3 is 5.11 Å². The Morgan fingerprint density at radius 3 is 2.32 bits per heavy atom. The Morgan fingerprint density at radius 1 is 1.05 bits per heavy atom. The molecule has 0 bridgehead atoms. The first kappa shape index (κ1) is 28.5. The molecule has 0 saturated carbocycles. The van der Waals surface area contributed by atoms with Gasteiger partial charge in [-0.3, -0.25) is 4.99 Å².